The van der Waals surface area contributed by atoms with E-state index in [2.05, 4.69) is 47.2 Å². The van der Waals surface area contributed by atoms with E-state index in [0.717, 1.165) is 52.3 Å². The summed E-state index contributed by atoms with van der Waals surface area (Å²) in [6.45, 7) is 4.12. The van der Waals surface area contributed by atoms with Crippen molar-refractivity contribution >= 4 is 5.78 Å². The highest BCUT2D eigenvalue weighted by Crippen LogP contribution is 2.52. The highest BCUT2D eigenvalue weighted by molar-refractivity contribution is 6.02. The molecule has 3 aromatic heterocycles. The number of ketones is 1. The Bertz CT molecular complexity index is 1530. The first kappa shape index (κ1) is 22.1. The lowest BCUT2D eigenvalue weighted by Gasteiger charge is -2.45. The fourth-order valence-corrected chi connectivity index (χ4v) is 6.07. The van der Waals surface area contributed by atoms with Gasteiger partial charge in [-0.1, -0.05) is 44.2 Å². The number of carbonyl (C=O) groups excluding carboxylic acids is 1. The molecule has 3 heterocycles. The summed E-state index contributed by atoms with van der Waals surface area (Å²) in [7, 11) is 0. The van der Waals surface area contributed by atoms with Gasteiger partial charge in [-0.05, 0) is 60.2 Å². The van der Waals surface area contributed by atoms with Crippen LogP contribution in [0.2, 0.25) is 0 Å². The van der Waals surface area contributed by atoms with E-state index >= 15 is 0 Å². The maximum atomic E-state index is 12.9. The van der Waals surface area contributed by atoms with E-state index in [9.17, 15) is 10.1 Å². The van der Waals surface area contributed by atoms with Gasteiger partial charge < -0.3 is 0 Å². The number of allylic oxidation sites excluding steroid dienone is 2. The molecule has 0 amide bonds. The molecule has 6 nitrogen and oxygen atoms in total. The van der Waals surface area contributed by atoms with Crippen LogP contribution < -0.4 is 0 Å². The van der Waals surface area contributed by atoms with Gasteiger partial charge in [-0.2, -0.15) is 10.4 Å². The maximum absolute atomic E-state index is 12.9. The van der Waals surface area contributed by atoms with Crippen molar-refractivity contribution in [2.45, 2.75) is 32.1 Å². The molecule has 6 rings (SSSR count). The molecule has 6 heteroatoms. The van der Waals surface area contributed by atoms with Crippen molar-refractivity contribution in [3.8, 4) is 34.3 Å². The Labute approximate surface area is 210 Å². The van der Waals surface area contributed by atoms with Crippen molar-refractivity contribution < 1.29 is 4.79 Å². The second kappa shape index (κ2) is 8.39. The summed E-state index contributed by atoms with van der Waals surface area (Å²) in [5.41, 5.74) is 6.66. The summed E-state index contributed by atoms with van der Waals surface area (Å²) in [5.74, 6) is -0.186. The third-order valence-corrected chi connectivity index (χ3v) is 7.83. The normalized spacial score (nSPS) is 22.8. The Kier molecular flexibility index (Phi) is 5.15. The van der Waals surface area contributed by atoms with Crippen LogP contribution in [0.25, 0.3) is 28.2 Å². The summed E-state index contributed by atoms with van der Waals surface area (Å²) in [6, 6.07) is 20.3. The van der Waals surface area contributed by atoms with Crippen LogP contribution in [0, 0.1) is 23.2 Å². The van der Waals surface area contributed by atoms with E-state index in [1.807, 2.05) is 54.2 Å². The average Bonchev–Trinajstić information content (AvgIpc) is 3.33. The maximum Gasteiger partial charge on any atom is 0.176 e. The minimum absolute atomic E-state index is 0.0553. The molecule has 36 heavy (non-hydrogen) atoms. The lowest BCUT2D eigenvalue weighted by Crippen LogP contribution is -2.46. The summed E-state index contributed by atoms with van der Waals surface area (Å²) in [6.07, 6.45) is 8.96. The zero-order valence-electron chi connectivity index (χ0n) is 20.2. The number of hydrogen-bond acceptors (Lipinski definition) is 5. The van der Waals surface area contributed by atoms with Gasteiger partial charge >= 0.3 is 0 Å². The minimum atomic E-state index is -0.506. The van der Waals surface area contributed by atoms with Gasteiger partial charge in [-0.25, -0.2) is 4.68 Å². The Morgan fingerprint density at radius 2 is 1.89 bits per heavy atom. The zero-order chi connectivity index (χ0) is 24.9. The number of pyridine rings is 2. The van der Waals surface area contributed by atoms with Gasteiger partial charge in [0.2, 0.25) is 0 Å². The van der Waals surface area contributed by atoms with Crippen molar-refractivity contribution in [3.05, 3.63) is 96.1 Å². The number of benzene rings is 1. The van der Waals surface area contributed by atoms with Gasteiger partial charge in [-0.15, -0.1) is 0 Å². The molecule has 4 aromatic rings. The number of hydrogen-bond donors (Lipinski definition) is 0. The number of Topliss-reactive ketones (excluding diaryl/α,β-unsaturated/α-hetero) is 1. The molecule has 0 saturated carbocycles. The van der Waals surface area contributed by atoms with Crippen LogP contribution in [0.1, 0.15) is 31.5 Å². The van der Waals surface area contributed by atoms with Crippen LogP contribution in [0.15, 0.2) is 84.8 Å². The molecular weight excluding hydrogens is 446 g/mol. The molecule has 0 fully saturated rings. The molecule has 0 saturated heterocycles. The fraction of sp³-hybridized carbons (Fsp3) is 0.233. The molecule has 0 radical (unpaired) electrons. The van der Waals surface area contributed by atoms with Crippen molar-refractivity contribution in [2.24, 2.45) is 11.8 Å². The number of nitriles is 1. The molecule has 0 unspecified atom stereocenters. The number of carbonyl (C=O) groups is 1. The third kappa shape index (κ3) is 3.31. The summed E-state index contributed by atoms with van der Waals surface area (Å²) < 4.78 is 2.01. The van der Waals surface area contributed by atoms with Crippen LogP contribution >= 0.6 is 0 Å². The molecule has 0 aliphatic heterocycles. The van der Waals surface area contributed by atoms with Gasteiger partial charge in [0.15, 0.2) is 5.78 Å². The number of rotatable bonds is 3. The quantitative estimate of drug-likeness (QED) is 0.395. The number of nitrogens with zero attached hydrogens (tertiary/aromatic N) is 5. The van der Waals surface area contributed by atoms with Crippen molar-refractivity contribution in [3.63, 3.8) is 0 Å². The Balaban J connectivity index is 1.57. The first-order chi connectivity index (χ1) is 17.5. The van der Waals surface area contributed by atoms with Crippen LogP contribution in [0.5, 0.6) is 0 Å². The SMILES string of the molecule is C[C@H]1C(=O)C(C#N)=C[C@@]2(C)c3c(c(-c4ccccn4)nn3-c3ccc(-c4cccnc4)cc3)CC[C@H]12. The first-order valence-electron chi connectivity index (χ1n) is 12.2. The monoisotopic (exact) mass is 471 g/mol. The van der Waals surface area contributed by atoms with Gasteiger partial charge in [0.1, 0.15) is 11.8 Å². The Hall–Kier alpha value is -4.37. The van der Waals surface area contributed by atoms with Crippen molar-refractivity contribution in [1.29, 1.82) is 5.26 Å². The Morgan fingerprint density at radius 1 is 1.06 bits per heavy atom. The summed E-state index contributed by atoms with van der Waals surface area (Å²) >= 11 is 0. The van der Waals surface area contributed by atoms with E-state index < -0.39 is 5.41 Å². The van der Waals surface area contributed by atoms with Crippen LogP contribution in [0.4, 0.5) is 0 Å². The zero-order valence-corrected chi connectivity index (χ0v) is 20.2. The minimum Gasteiger partial charge on any atom is -0.293 e. The second-order valence-corrected chi connectivity index (χ2v) is 9.84. The van der Waals surface area contributed by atoms with Crippen molar-refractivity contribution in [1.82, 2.24) is 19.7 Å². The van der Waals surface area contributed by atoms with E-state index in [0.29, 0.717) is 0 Å². The van der Waals surface area contributed by atoms with E-state index in [4.69, 9.17) is 5.10 Å². The largest absolute Gasteiger partial charge is 0.293 e. The standard InChI is InChI=1S/C30H25N5O/c1-19-25-13-12-24-27(26-7-3-4-15-33-26)34-35(29(24)30(25,2)16-22(17-31)28(19)36)23-10-8-20(9-11-23)21-6-5-14-32-18-21/h3-11,14-16,18-19,25H,12-13H2,1-2H3/t19-,25-,30-/m1/s1. The number of fused-ring (bicyclic) bond motifs is 3. The highest BCUT2D eigenvalue weighted by Gasteiger charge is 2.50. The van der Waals surface area contributed by atoms with Crippen LogP contribution in [0.3, 0.4) is 0 Å². The summed E-state index contributed by atoms with van der Waals surface area (Å²) in [4.78, 5) is 21.7. The molecule has 2 aliphatic rings. The fourth-order valence-electron chi connectivity index (χ4n) is 6.07. The van der Waals surface area contributed by atoms with Crippen molar-refractivity contribution in [2.75, 3.05) is 0 Å². The van der Waals surface area contributed by atoms with E-state index in [-0.39, 0.29) is 23.2 Å². The molecule has 0 spiro atoms. The smallest absolute Gasteiger partial charge is 0.176 e. The Morgan fingerprint density at radius 3 is 2.58 bits per heavy atom. The highest BCUT2D eigenvalue weighted by atomic mass is 16.1. The third-order valence-electron chi connectivity index (χ3n) is 7.83. The molecule has 0 N–H and O–H groups in total. The molecule has 0 bridgehead atoms. The van der Waals surface area contributed by atoms with Gasteiger partial charge in [0.25, 0.3) is 0 Å². The second-order valence-electron chi connectivity index (χ2n) is 9.84. The molecule has 3 atom stereocenters. The van der Waals surface area contributed by atoms with Gasteiger partial charge in [0, 0.05) is 35.5 Å². The molecule has 1 aromatic carbocycles. The lowest BCUT2D eigenvalue weighted by molar-refractivity contribution is -0.121. The van der Waals surface area contributed by atoms with E-state index in [1.54, 1.807) is 12.4 Å². The first-order valence-corrected chi connectivity index (χ1v) is 12.2. The lowest BCUT2D eigenvalue weighted by atomic mass is 9.58. The van der Waals surface area contributed by atoms with E-state index in [1.165, 1.54) is 0 Å². The van der Waals surface area contributed by atoms with Gasteiger partial charge in [0.05, 0.1) is 22.6 Å². The molecule has 2 aliphatic carbocycles. The van der Waals surface area contributed by atoms with Crippen LogP contribution in [-0.2, 0) is 16.6 Å². The molecular formula is C30H25N5O. The predicted octanol–water partition coefficient (Wildman–Crippen LogP) is 5.49. The van der Waals surface area contributed by atoms with Gasteiger partial charge in [-0.3, -0.25) is 14.8 Å². The summed E-state index contributed by atoms with van der Waals surface area (Å²) in [5, 5.41) is 14.9. The average molecular weight is 472 g/mol. The van der Waals surface area contributed by atoms with Crippen LogP contribution in [-0.4, -0.2) is 25.5 Å². The number of aromatic nitrogens is 4. The topological polar surface area (TPSA) is 84.5 Å². The predicted molar refractivity (Wildman–Crippen MR) is 137 cm³/mol. The molecule has 176 valence electrons.